The van der Waals surface area contributed by atoms with Crippen LogP contribution in [0.2, 0.25) is 0 Å². The van der Waals surface area contributed by atoms with Crippen molar-refractivity contribution >= 4 is 11.8 Å². The summed E-state index contributed by atoms with van der Waals surface area (Å²) in [5.74, 6) is 0.633. The standard InChI is InChI=1S/C24H28FN3O3/c1-31-21-4-2-3-19(15-21)16-23(29)27-10-9-22-24(30)28(14-12-26(22)11-13-27)17-18-5-7-20(25)8-6-18/h2-8,15,22H,9-14,16-17H2,1H3. The van der Waals surface area contributed by atoms with Gasteiger partial charge in [-0.1, -0.05) is 24.3 Å². The molecule has 2 fully saturated rings. The first-order chi connectivity index (χ1) is 15.0. The second-order valence-electron chi connectivity index (χ2n) is 8.14. The van der Waals surface area contributed by atoms with Crippen LogP contribution in [0.1, 0.15) is 17.5 Å². The van der Waals surface area contributed by atoms with Gasteiger partial charge in [-0.3, -0.25) is 14.5 Å². The number of hydrogen-bond acceptors (Lipinski definition) is 4. The minimum absolute atomic E-state index is 0.0729. The van der Waals surface area contributed by atoms with Crippen LogP contribution in [0.15, 0.2) is 48.5 Å². The molecule has 7 heteroatoms. The smallest absolute Gasteiger partial charge is 0.240 e. The predicted octanol–water partition coefficient (Wildman–Crippen LogP) is 2.32. The van der Waals surface area contributed by atoms with Crippen LogP contribution in [-0.2, 0) is 22.6 Å². The van der Waals surface area contributed by atoms with Crippen LogP contribution in [0.5, 0.6) is 5.75 Å². The van der Waals surface area contributed by atoms with Crippen molar-refractivity contribution in [2.45, 2.75) is 25.4 Å². The molecule has 0 saturated carbocycles. The van der Waals surface area contributed by atoms with Gasteiger partial charge in [-0.2, -0.15) is 0 Å². The van der Waals surface area contributed by atoms with Gasteiger partial charge in [-0.15, -0.1) is 0 Å². The first kappa shape index (κ1) is 21.3. The van der Waals surface area contributed by atoms with Crippen LogP contribution in [0, 0.1) is 5.82 Å². The van der Waals surface area contributed by atoms with Gasteiger partial charge < -0.3 is 14.5 Å². The Hall–Kier alpha value is -2.93. The van der Waals surface area contributed by atoms with Crippen LogP contribution in [0.25, 0.3) is 0 Å². The van der Waals surface area contributed by atoms with Crippen LogP contribution in [-0.4, -0.2) is 72.4 Å². The number of piperazine rings is 1. The number of ether oxygens (including phenoxy) is 1. The van der Waals surface area contributed by atoms with Gasteiger partial charge >= 0.3 is 0 Å². The molecule has 2 heterocycles. The van der Waals surface area contributed by atoms with E-state index in [1.54, 1.807) is 19.2 Å². The van der Waals surface area contributed by atoms with Crippen molar-refractivity contribution in [1.82, 2.24) is 14.7 Å². The molecule has 1 atom stereocenters. The van der Waals surface area contributed by atoms with E-state index in [0.717, 1.165) is 23.4 Å². The highest BCUT2D eigenvalue weighted by molar-refractivity contribution is 5.83. The summed E-state index contributed by atoms with van der Waals surface area (Å²) in [6, 6.07) is 13.7. The number of carbonyl (C=O) groups is 2. The van der Waals surface area contributed by atoms with Crippen LogP contribution >= 0.6 is 0 Å². The second-order valence-corrected chi connectivity index (χ2v) is 8.14. The molecule has 31 heavy (non-hydrogen) atoms. The fraction of sp³-hybridized carbons (Fsp3) is 0.417. The van der Waals surface area contributed by atoms with E-state index < -0.39 is 0 Å². The molecule has 2 saturated heterocycles. The molecule has 2 aromatic rings. The molecule has 2 aliphatic heterocycles. The van der Waals surface area contributed by atoms with E-state index in [-0.39, 0.29) is 23.7 Å². The van der Waals surface area contributed by atoms with Crippen molar-refractivity contribution in [3.05, 3.63) is 65.5 Å². The van der Waals surface area contributed by atoms with E-state index in [4.69, 9.17) is 4.74 Å². The van der Waals surface area contributed by atoms with E-state index >= 15 is 0 Å². The monoisotopic (exact) mass is 425 g/mol. The quantitative estimate of drug-likeness (QED) is 0.738. The number of benzene rings is 2. The van der Waals surface area contributed by atoms with Gasteiger partial charge in [-0.05, 0) is 41.8 Å². The molecule has 2 aliphatic rings. The van der Waals surface area contributed by atoms with E-state index in [1.807, 2.05) is 34.1 Å². The molecule has 1 unspecified atom stereocenters. The van der Waals surface area contributed by atoms with E-state index in [9.17, 15) is 14.0 Å². The Morgan fingerprint density at radius 1 is 1.03 bits per heavy atom. The number of rotatable bonds is 5. The fourth-order valence-corrected chi connectivity index (χ4v) is 4.38. The van der Waals surface area contributed by atoms with Crippen molar-refractivity contribution < 1.29 is 18.7 Å². The van der Waals surface area contributed by atoms with Crippen molar-refractivity contribution in [3.63, 3.8) is 0 Å². The minimum atomic E-state index is -0.276. The molecular formula is C24H28FN3O3. The summed E-state index contributed by atoms with van der Waals surface area (Å²) in [4.78, 5) is 31.9. The zero-order chi connectivity index (χ0) is 21.8. The summed E-state index contributed by atoms with van der Waals surface area (Å²) >= 11 is 0. The first-order valence-corrected chi connectivity index (χ1v) is 10.7. The number of methoxy groups -OCH3 is 1. The zero-order valence-electron chi connectivity index (χ0n) is 17.8. The normalized spacial score (nSPS) is 19.7. The number of carbonyl (C=O) groups excluding carboxylic acids is 2. The fourth-order valence-electron chi connectivity index (χ4n) is 4.38. The molecule has 6 nitrogen and oxygen atoms in total. The van der Waals surface area contributed by atoms with E-state index in [0.29, 0.717) is 45.6 Å². The predicted molar refractivity (Wildman–Crippen MR) is 115 cm³/mol. The zero-order valence-corrected chi connectivity index (χ0v) is 17.8. The van der Waals surface area contributed by atoms with Crippen LogP contribution < -0.4 is 4.74 Å². The minimum Gasteiger partial charge on any atom is -0.497 e. The van der Waals surface area contributed by atoms with E-state index in [1.165, 1.54) is 12.1 Å². The van der Waals surface area contributed by atoms with Crippen molar-refractivity contribution in [2.75, 3.05) is 39.8 Å². The molecule has 4 rings (SSSR count). The molecule has 2 aromatic carbocycles. The lowest BCUT2D eigenvalue weighted by Gasteiger charge is -2.39. The number of halogens is 1. The Morgan fingerprint density at radius 3 is 2.58 bits per heavy atom. The highest BCUT2D eigenvalue weighted by Gasteiger charge is 2.37. The van der Waals surface area contributed by atoms with Gasteiger partial charge in [-0.25, -0.2) is 4.39 Å². The molecule has 164 valence electrons. The molecule has 0 N–H and O–H groups in total. The number of amides is 2. The van der Waals surface area contributed by atoms with Crippen LogP contribution in [0.4, 0.5) is 4.39 Å². The molecule has 0 radical (unpaired) electrons. The van der Waals surface area contributed by atoms with Crippen molar-refractivity contribution in [2.24, 2.45) is 0 Å². The highest BCUT2D eigenvalue weighted by atomic mass is 19.1. The van der Waals surface area contributed by atoms with Crippen molar-refractivity contribution in [3.8, 4) is 5.75 Å². The summed E-state index contributed by atoms with van der Waals surface area (Å²) in [6.45, 7) is 3.82. The lowest BCUT2D eigenvalue weighted by Crippen LogP contribution is -2.56. The maximum Gasteiger partial charge on any atom is 0.240 e. The highest BCUT2D eigenvalue weighted by Crippen LogP contribution is 2.21. The molecule has 2 amide bonds. The SMILES string of the molecule is COc1cccc(CC(=O)N2CCC3C(=O)N(Cc4ccc(F)cc4)CCN3CC2)c1. The lowest BCUT2D eigenvalue weighted by molar-refractivity contribution is -0.142. The number of fused-ring (bicyclic) bond motifs is 1. The van der Waals surface area contributed by atoms with Crippen molar-refractivity contribution in [1.29, 1.82) is 0 Å². The third kappa shape index (κ3) is 5.05. The van der Waals surface area contributed by atoms with Gasteiger partial charge in [0.25, 0.3) is 0 Å². The first-order valence-electron chi connectivity index (χ1n) is 10.7. The topological polar surface area (TPSA) is 53.1 Å². The molecule has 0 aromatic heterocycles. The van der Waals surface area contributed by atoms with Gasteiger partial charge in [0.05, 0.1) is 19.6 Å². The van der Waals surface area contributed by atoms with Gasteiger partial charge in [0, 0.05) is 39.3 Å². The molecule has 0 bridgehead atoms. The maximum absolute atomic E-state index is 13.2. The second kappa shape index (κ2) is 9.47. The summed E-state index contributed by atoms with van der Waals surface area (Å²) in [6.07, 6.45) is 0.953. The molecular weight excluding hydrogens is 397 g/mol. The average molecular weight is 426 g/mol. The Kier molecular flexibility index (Phi) is 6.51. The van der Waals surface area contributed by atoms with E-state index in [2.05, 4.69) is 4.90 Å². The third-order valence-corrected chi connectivity index (χ3v) is 6.15. The third-order valence-electron chi connectivity index (χ3n) is 6.15. The number of hydrogen-bond donors (Lipinski definition) is 0. The summed E-state index contributed by atoms with van der Waals surface area (Å²) < 4.78 is 18.4. The van der Waals surface area contributed by atoms with Gasteiger partial charge in [0.15, 0.2) is 0 Å². The summed E-state index contributed by atoms with van der Waals surface area (Å²) in [5.41, 5.74) is 1.85. The summed E-state index contributed by atoms with van der Waals surface area (Å²) in [5, 5.41) is 0. The Labute approximate surface area is 182 Å². The Bertz CT molecular complexity index is 934. The molecule has 0 aliphatic carbocycles. The average Bonchev–Trinajstić information content (AvgIpc) is 3.00. The largest absolute Gasteiger partial charge is 0.497 e. The van der Waals surface area contributed by atoms with Crippen LogP contribution in [0.3, 0.4) is 0 Å². The Balaban J connectivity index is 1.36. The lowest BCUT2D eigenvalue weighted by atomic mass is 10.1. The number of nitrogens with zero attached hydrogens (tertiary/aromatic N) is 3. The maximum atomic E-state index is 13.2. The summed E-state index contributed by atoms with van der Waals surface area (Å²) in [7, 11) is 1.61. The molecule has 0 spiro atoms. The Morgan fingerprint density at radius 2 is 1.81 bits per heavy atom. The van der Waals surface area contributed by atoms with Gasteiger partial charge in [0.1, 0.15) is 11.6 Å². The van der Waals surface area contributed by atoms with Gasteiger partial charge in [0.2, 0.25) is 11.8 Å².